The van der Waals surface area contributed by atoms with Gasteiger partial charge in [-0.25, -0.2) is 13.6 Å². The molecule has 0 aliphatic heterocycles. The molecule has 2 aromatic rings. The van der Waals surface area contributed by atoms with Crippen molar-refractivity contribution in [1.82, 2.24) is 0 Å². The van der Waals surface area contributed by atoms with E-state index in [0.717, 1.165) is 18.5 Å². The monoisotopic (exact) mass is 304 g/mol. The van der Waals surface area contributed by atoms with Crippen LogP contribution in [0.25, 0.3) is 0 Å². The van der Waals surface area contributed by atoms with Gasteiger partial charge < -0.3 is 5.32 Å². The Balaban J connectivity index is 2.12. The molecule has 2 aromatic carbocycles. The first-order valence-corrected chi connectivity index (χ1v) is 8.47. The SMILES string of the molecule is CCC(Cc1ccccc1)Nc1cccc(S(N)(=O)=O)c1. The minimum atomic E-state index is -3.67. The van der Waals surface area contributed by atoms with E-state index in [2.05, 4.69) is 24.4 Å². The van der Waals surface area contributed by atoms with Crippen molar-refractivity contribution in [2.75, 3.05) is 5.32 Å². The molecule has 2 rings (SSSR count). The van der Waals surface area contributed by atoms with E-state index >= 15 is 0 Å². The van der Waals surface area contributed by atoms with E-state index in [1.807, 2.05) is 24.3 Å². The van der Waals surface area contributed by atoms with Crippen molar-refractivity contribution in [2.45, 2.75) is 30.7 Å². The number of rotatable bonds is 6. The molecule has 0 saturated carbocycles. The Hall–Kier alpha value is -1.85. The lowest BCUT2D eigenvalue weighted by molar-refractivity contribution is 0.597. The van der Waals surface area contributed by atoms with Gasteiger partial charge in [0.25, 0.3) is 0 Å². The molecule has 1 atom stereocenters. The van der Waals surface area contributed by atoms with Crippen LogP contribution in [0.5, 0.6) is 0 Å². The number of hydrogen-bond donors (Lipinski definition) is 2. The van der Waals surface area contributed by atoms with Crippen LogP contribution < -0.4 is 10.5 Å². The molecule has 0 fully saturated rings. The molecule has 0 spiro atoms. The van der Waals surface area contributed by atoms with Crippen molar-refractivity contribution < 1.29 is 8.42 Å². The van der Waals surface area contributed by atoms with Crippen LogP contribution in [0.1, 0.15) is 18.9 Å². The first-order chi connectivity index (χ1) is 9.99. The van der Waals surface area contributed by atoms with Crippen LogP contribution in [0.15, 0.2) is 59.5 Å². The van der Waals surface area contributed by atoms with Crippen LogP contribution >= 0.6 is 0 Å². The van der Waals surface area contributed by atoms with E-state index in [1.54, 1.807) is 12.1 Å². The summed E-state index contributed by atoms with van der Waals surface area (Å²) in [7, 11) is -3.67. The van der Waals surface area contributed by atoms with Crippen LogP contribution in [-0.2, 0) is 16.4 Å². The number of sulfonamides is 1. The van der Waals surface area contributed by atoms with Gasteiger partial charge in [-0.1, -0.05) is 43.3 Å². The van der Waals surface area contributed by atoms with Crippen molar-refractivity contribution >= 4 is 15.7 Å². The Labute approximate surface area is 126 Å². The molecule has 0 aliphatic rings. The topological polar surface area (TPSA) is 72.2 Å². The summed E-state index contributed by atoms with van der Waals surface area (Å²) in [6.45, 7) is 2.10. The third-order valence-corrected chi connectivity index (χ3v) is 4.26. The molecular formula is C16H20N2O2S. The van der Waals surface area contributed by atoms with E-state index in [4.69, 9.17) is 5.14 Å². The van der Waals surface area contributed by atoms with Gasteiger partial charge in [-0.2, -0.15) is 0 Å². The largest absolute Gasteiger partial charge is 0.382 e. The fourth-order valence-electron chi connectivity index (χ4n) is 2.19. The second kappa shape index (κ2) is 6.74. The predicted molar refractivity (Wildman–Crippen MR) is 85.7 cm³/mol. The molecule has 0 amide bonds. The third kappa shape index (κ3) is 4.58. The fourth-order valence-corrected chi connectivity index (χ4v) is 2.75. The zero-order chi connectivity index (χ0) is 15.3. The lowest BCUT2D eigenvalue weighted by Crippen LogP contribution is -2.21. The summed E-state index contributed by atoms with van der Waals surface area (Å²) in [4.78, 5) is 0.127. The van der Waals surface area contributed by atoms with E-state index < -0.39 is 10.0 Å². The minimum Gasteiger partial charge on any atom is -0.382 e. The lowest BCUT2D eigenvalue weighted by Gasteiger charge is -2.19. The highest BCUT2D eigenvalue weighted by atomic mass is 32.2. The normalized spacial score (nSPS) is 12.9. The molecule has 0 radical (unpaired) electrons. The predicted octanol–water partition coefficient (Wildman–Crippen LogP) is 2.77. The van der Waals surface area contributed by atoms with Crippen LogP contribution in [-0.4, -0.2) is 14.5 Å². The van der Waals surface area contributed by atoms with Crippen LogP contribution in [0, 0.1) is 0 Å². The Kier molecular flexibility index (Phi) is 4.98. The maximum absolute atomic E-state index is 11.4. The molecule has 3 N–H and O–H groups in total. The average Bonchev–Trinajstić information content (AvgIpc) is 2.47. The van der Waals surface area contributed by atoms with Gasteiger partial charge in [-0.15, -0.1) is 0 Å². The molecule has 0 aromatic heterocycles. The van der Waals surface area contributed by atoms with Crippen LogP contribution in [0.3, 0.4) is 0 Å². The fraction of sp³-hybridized carbons (Fsp3) is 0.250. The van der Waals surface area contributed by atoms with Gasteiger partial charge in [0, 0.05) is 11.7 Å². The molecule has 0 heterocycles. The Bertz CT molecular complexity index is 684. The zero-order valence-electron chi connectivity index (χ0n) is 12.0. The number of hydrogen-bond acceptors (Lipinski definition) is 3. The van der Waals surface area contributed by atoms with Crippen molar-refractivity contribution in [2.24, 2.45) is 5.14 Å². The van der Waals surface area contributed by atoms with Crippen molar-refractivity contribution in [3.8, 4) is 0 Å². The molecule has 0 bridgehead atoms. The highest BCUT2D eigenvalue weighted by molar-refractivity contribution is 7.89. The van der Waals surface area contributed by atoms with E-state index in [1.165, 1.54) is 11.6 Å². The van der Waals surface area contributed by atoms with Gasteiger partial charge in [0.2, 0.25) is 10.0 Å². The van der Waals surface area contributed by atoms with Gasteiger partial charge in [-0.3, -0.25) is 0 Å². The number of nitrogens with one attached hydrogen (secondary N) is 1. The summed E-state index contributed by atoms with van der Waals surface area (Å²) in [5, 5.41) is 8.53. The first kappa shape index (κ1) is 15.5. The first-order valence-electron chi connectivity index (χ1n) is 6.92. The van der Waals surface area contributed by atoms with Gasteiger partial charge in [-0.05, 0) is 36.6 Å². The zero-order valence-corrected chi connectivity index (χ0v) is 12.8. The lowest BCUT2D eigenvalue weighted by atomic mass is 10.0. The highest BCUT2D eigenvalue weighted by Gasteiger charge is 2.11. The Morgan fingerprint density at radius 1 is 1.10 bits per heavy atom. The van der Waals surface area contributed by atoms with Crippen molar-refractivity contribution in [3.63, 3.8) is 0 Å². The smallest absolute Gasteiger partial charge is 0.238 e. The van der Waals surface area contributed by atoms with Gasteiger partial charge >= 0.3 is 0 Å². The quantitative estimate of drug-likeness (QED) is 0.862. The molecular weight excluding hydrogens is 284 g/mol. The van der Waals surface area contributed by atoms with Crippen LogP contribution in [0.4, 0.5) is 5.69 Å². The van der Waals surface area contributed by atoms with E-state index in [-0.39, 0.29) is 10.9 Å². The summed E-state index contributed by atoms with van der Waals surface area (Å²) in [6.07, 6.45) is 1.82. The molecule has 5 heteroatoms. The summed E-state index contributed by atoms with van der Waals surface area (Å²) in [5.41, 5.74) is 2.02. The summed E-state index contributed by atoms with van der Waals surface area (Å²) in [6, 6.07) is 17.1. The Morgan fingerprint density at radius 3 is 2.43 bits per heavy atom. The Morgan fingerprint density at radius 2 is 1.81 bits per heavy atom. The summed E-state index contributed by atoms with van der Waals surface area (Å²) >= 11 is 0. The number of benzene rings is 2. The van der Waals surface area contributed by atoms with Gasteiger partial charge in [0.15, 0.2) is 0 Å². The minimum absolute atomic E-state index is 0.127. The van der Waals surface area contributed by atoms with E-state index in [9.17, 15) is 8.42 Å². The molecule has 21 heavy (non-hydrogen) atoms. The third-order valence-electron chi connectivity index (χ3n) is 3.35. The number of primary sulfonamides is 1. The molecule has 112 valence electrons. The molecule has 0 aliphatic carbocycles. The summed E-state index contributed by atoms with van der Waals surface area (Å²) < 4.78 is 22.8. The maximum Gasteiger partial charge on any atom is 0.238 e. The maximum atomic E-state index is 11.4. The van der Waals surface area contributed by atoms with Crippen molar-refractivity contribution in [3.05, 3.63) is 60.2 Å². The average molecular weight is 304 g/mol. The van der Waals surface area contributed by atoms with Gasteiger partial charge in [0.05, 0.1) is 4.90 Å². The van der Waals surface area contributed by atoms with Crippen molar-refractivity contribution in [1.29, 1.82) is 0 Å². The molecule has 1 unspecified atom stereocenters. The molecule has 0 saturated heterocycles. The van der Waals surface area contributed by atoms with E-state index in [0.29, 0.717) is 0 Å². The summed E-state index contributed by atoms with van der Waals surface area (Å²) in [5.74, 6) is 0. The van der Waals surface area contributed by atoms with Crippen LogP contribution in [0.2, 0.25) is 0 Å². The second-order valence-electron chi connectivity index (χ2n) is 5.01. The number of nitrogens with two attached hydrogens (primary N) is 1. The van der Waals surface area contributed by atoms with Gasteiger partial charge in [0.1, 0.15) is 0 Å². The highest BCUT2D eigenvalue weighted by Crippen LogP contribution is 2.17. The number of anilines is 1. The second-order valence-corrected chi connectivity index (χ2v) is 6.57. The standard InChI is InChI=1S/C16H20N2O2S/c1-2-14(11-13-7-4-3-5-8-13)18-15-9-6-10-16(12-15)21(17,19)20/h3-10,12,14,18H,2,11H2,1H3,(H2,17,19,20). The molecule has 4 nitrogen and oxygen atoms in total.